The van der Waals surface area contributed by atoms with Gasteiger partial charge in [0.05, 0.1) is 6.04 Å². The molecule has 1 heterocycles. The summed E-state index contributed by atoms with van der Waals surface area (Å²) in [6, 6.07) is 8.31. The molecule has 1 N–H and O–H groups in total. The van der Waals surface area contributed by atoms with Gasteiger partial charge in [-0.25, -0.2) is 0 Å². The molecule has 0 saturated heterocycles. The van der Waals surface area contributed by atoms with Crippen molar-refractivity contribution in [2.24, 2.45) is 10.4 Å². The molecule has 4 heteroatoms. The summed E-state index contributed by atoms with van der Waals surface area (Å²) in [7, 11) is 0. The first-order chi connectivity index (χ1) is 9.67. The molecule has 108 valence electrons. The average molecular weight is 309 g/mol. The monoisotopic (exact) mass is 308 g/mol. The number of hydrogen-bond acceptors (Lipinski definition) is 3. The normalized spacial score (nSPS) is 22.6. The van der Waals surface area contributed by atoms with Crippen molar-refractivity contribution < 1.29 is 0 Å². The molecule has 20 heavy (non-hydrogen) atoms. The van der Waals surface area contributed by atoms with Crippen LogP contribution in [0.2, 0.25) is 5.02 Å². The lowest BCUT2D eigenvalue weighted by Crippen LogP contribution is -2.34. The van der Waals surface area contributed by atoms with Crippen LogP contribution in [0.5, 0.6) is 0 Å². The van der Waals surface area contributed by atoms with Gasteiger partial charge in [0.1, 0.15) is 0 Å². The lowest BCUT2D eigenvalue weighted by Gasteiger charge is -2.32. The Kier molecular flexibility index (Phi) is 4.27. The number of thioether (sulfide) groups is 1. The summed E-state index contributed by atoms with van der Waals surface area (Å²) >= 11 is 7.83. The number of hydrogen-bond donors (Lipinski definition) is 1. The predicted molar refractivity (Wildman–Crippen MR) is 88.7 cm³/mol. The van der Waals surface area contributed by atoms with Crippen molar-refractivity contribution in [2.45, 2.75) is 38.6 Å². The molecule has 1 aromatic carbocycles. The summed E-state index contributed by atoms with van der Waals surface area (Å²) in [4.78, 5) is 4.79. The van der Waals surface area contributed by atoms with Gasteiger partial charge in [0, 0.05) is 17.3 Å². The number of amidine groups is 1. The second kappa shape index (κ2) is 5.98. The van der Waals surface area contributed by atoms with Crippen LogP contribution in [0.1, 0.15) is 44.2 Å². The van der Waals surface area contributed by atoms with Gasteiger partial charge in [-0.1, -0.05) is 48.3 Å². The molecule has 3 rings (SSSR count). The molecule has 1 aliphatic heterocycles. The Balaban J connectivity index is 1.61. The molecule has 0 aromatic heterocycles. The molecule has 1 atom stereocenters. The minimum Gasteiger partial charge on any atom is -0.358 e. The maximum Gasteiger partial charge on any atom is 0.157 e. The standard InChI is InChI=1S/C16H21ClN2S/c1-12(13-4-6-14(17)7-5-13)19-15-18-10-16(11-20-15)8-2-3-9-16/h4-7,12H,2-3,8-11H2,1H3,(H,18,19). The van der Waals surface area contributed by atoms with E-state index >= 15 is 0 Å². The van der Waals surface area contributed by atoms with E-state index in [4.69, 9.17) is 16.6 Å². The van der Waals surface area contributed by atoms with Crippen molar-refractivity contribution in [1.82, 2.24) is 5.32 Å². The number of benzene rings is 1. The molecule has 1 fully saturated rings. The lowest BCUT2D eigenvalue weighted by atomic mass is 9.89. The van der Waals surface area contributed by atoms with E-state index in [9.17, 15) is 0 Å². The van der Waals surface area contributed by atoms with Crippen LogP contribution in [-0.2, 0) is 0 Å². The van der Waals surface area contributed by atoms with Gasteiger partial charge in [-0.2, -0.15) is 0 Å². The van der Waals surface area contributed by atoms with Gasteiger partial charge >= 0.3 is 0 Å². The molecule has 0 bridgehead atoms. The Bertz CT molecular complexity index is 492. The van der Waals surface area contributed by atoms with Crippen LogP contribution in [0.15, 0.2) is 29.3 Å². The number of nitrogens with one attached hydrogen (secondary N) is 1. The highest BCUT2D eigenvalue weighted by Crippen LogP contribution is 2.43. The quantitative estimate of drug-likeness (QED) is 0.859. The minimum absolute atomic E-state index is 0.274. The maximum atomic E-state index is 5.93. The Morgan fingerprint density at radius 3 is 2.55 bits per heavy atom. The highest BCUT2D eigenvalue weighted by atomic mass is 35.5. The number of rotatable bonds is 2. The lowest BCUT2D eigenvalue weighted by molar-refractivity contribution is 0.358. The van der Waals surface area contributed by atoms with E-state index in [2.05, 4.69) is 24.4 Å². The van der Waals surface area contributed by atoms with Crippen molar-refractivity contribution in [1.29, 1.82) is 0 Å². The average Bonchev–Trinajstić information content (AvgIpc) is 2.91. The summed E-state index contributed by atoms with van der Waals surface area (Å²) in [5, 5.41) is 5.42. The molecule has 1 spiro atoms. The Morgan fingerprint density at radius 1 is 1.25 bits per heavy atom. The molecular formula is C16H21ClN2S. The molecule has 0 radical (unpaired) electrons. The minimum atomic E-state index is 0.274. The van der Waals surface area contributed by atoms with Crippen LogP contribution >= 0.6 is 23.4 Å². The van der Waals surface area contributed by atoms with Crippen molar-refractivity contribution in [3.05, 3.63) is 34.9 Å². The largest absolute Gasteiger partial charge is 0.358 e. The van der Waals surface area contributed by atoms with E-state index in [1.165, 1.54) is 37.0 Å². The fraction of sp³-hybridized carbons (Fsp3) is 0.562. The summed E-state index contributed by atoms with van der Waals surface area (Å²) in [6.45, 7) is 3.18. The molecule has 2 aliphatic rings. The van der Waals surface area contributed by atoms with E-state index in [1.807, 2.05) is 23.9 Å². The summed E-state index contributed by atoms with van der Waals surface area (Å²) in [5.74, 6) is 1.23. The summed E-state index contributed by atoms with van der Waals surface area (Å²) < 4.78 is 0. The first kappa shape index (κ1) is 14.3. The van der Waals surface area contributed by atoms with Gasteiger partial charge in [0.25, 0.3) is 0 Å². The SMILES string of the molecule is CC(NC1=NCC2(CCCC2)CS1)c1ccc(Cl)cc1. The van der Waals surface area contributed by atoms with Crippen molar-refractivity contribution in [3.63, 3.8) is 0 Å². The van der Waals surface area contributed by atoms with Gasteiger partial charge in [0.15, 0.2) is 5.17 Å². The van der Waals surface area contributed by atoms with E-state index in [-0.39, 0.29) is 6.04 Å². The molecular weight excluding hydrogens is 288 g/mol. The van der Waals surface area contributed by atoms with Crippen LogP contribution in [0.25, 0.3) is 0 Å². The Morgan fingerprint density at radius 2 is 1.95 bits per heavy atom. The fourth-order valence-electron chi connectivity index (χ4n) is 3.09. The summed E-state index contributed by atoms with van der Waals surface area (Å²) in [6.07, 6.45) is 5.51. The molecule has 2 nitrogen and oxygen atoms in total. The summed E-state index contributed by atoms with van der Waals surface area (Å²) in [5.41, 5.74) is 1.76. The molecule has 1 saturated carbocycles. The van der Waals surface area contributed by atoms with Crippen LogP contribution in [0, 0.1) is 5.41 Å². The van der Waals surface area contributed by atoms with Gasteiger partial charge in [-0.3, -0.25) is 4.99 Å². The van der Waals surface area contributed by atoms with Gasteiger partial charge < -0.3 is 5.32 Å². The van der Waals surface area contributed by atoms with E-state index in [1.54, 1.807) is 0 Å². The molecule has 1 aromatic rings. The zero-order chi connectivity index (χ0) is 14.0. The second-order valence-electron chi connectivity index (χ2n) is 6.03. The van der Waals surface area contributed by atoms with Crippen LogP contribution < -0.4 is 5.32 Å². The predicted octanol–water partition coefficient (Wildman–Crippen LogP) is 4.65. The van der Waals surface area contributed by atoms with Crippen LogP contribution in [0.4, 0.5) is 0 Å². The molecule has 0 amide bonds. The third kappa shape index (κ3) is 3.15. The van der Waals surface area contributed by atoms with Crippen molar-refractivity contribution in [2.75, 3.05) is 12.3 Å². The zero-order valence-electron chi connectivity index (χ0n) is 11.9. The first-order valence-corrected chi connectivity index (χ1v) is 8.73. The van der Waals surface area contributed by atoms with Crippen molar-refractivity contribution >= 4 is 28.5 Å². The first-order valence-electron chi connectivity index (χ1n) is 7.36. The van der Waals surface area contributed by atoms with Crippen molar-refractivity contribution in [3.8, 4) is 0 Å². The third-order valence-electron chi connectivity index (χ3n) is 4.45. The second-order valence-corrected chi connectivity index (χ2v) is 7.44. The van der Waals surface area contributed by atoms with Gasteiger partial charge in [-0.05, 0) is 42.9 Å². The highest BCUT2D eigenvalue weighted by molar-refractivity contribution is 8.13. The fourth-order valence-corrected chi connectivity index (χ4v) is 4.45. The Labute approximate surface area is 130 Å². The number of halogens is 1. The van der Waals surface area contributed by atoms with Gasteiger partial charge in [0.2, 0.25) is 0 Å². The molecule has 1 aliphatic carbocycles. The van der Waals surface area contributed by atoms with E-state index in [0.29, 0.717) is 5.41 Å². The topological polar surface area (TPSA) is 24.4 Å². The third-order valence-corrected chi connectivity index (χ3v) is 5.98. The zero-order valence-corrected chi connectivity index (χ0v) is 13.4. The molecule has 1 unspecified atom stereocenters. The number of aliphatic imine (C=N–C) groups is 1. The Hall–Kier alpha value is -0.670. The van der Waals surface area contributed by atoms with E-state index < -0.39 is 0 Å². The van der Waals surface area contributed by atoms with Crippen LogP contribution in [0.3, 0.4) is 0 Å². The highest BCUT2D eigenvalue weighted by Gasteiger charge is 2.36. The van der Waals surface area contributed by atoms with Gasteiger partial charge in [-0.15, -0.1) is 0 Å². The smallest absolute Gasteiger partial charge is 0.157 e. The van der Waals surface area contributed by atoms with Crippen LogP contribution in [-0.4, -0.2) is 17.5 Å². The number of nitrogens with zero attached hydrogens (tertiary/aromatic N) is 1. The maximum absolute atomic E-state index is 5.93. The van der Waals surface area contributed by atoms with E-state index in [0.717, 1.165) is 16.7 Å².